The number of aliphatic hydroxyl groups excluding tert-OH is 1. The van der Waals surface area contributed by atoms with Gasteiger partial charge < -0.3 is 15.5 Å². The number of hydrogen-bond donors (Lipinski definition) is 3. The van der Waals surface area contributed by atoms with Crippen LogP contribution in [-0.4, -0.2) is 34.7 Å². The van der Waals surface area contributed by atoms with Gasteiger partial charge in [0.1, 0.15) is 0 Å². The lowest BCUT2D eigenvalue weighted by molar-refractivity contribution is 0.0693. The second-order valence-electron chi connectivity index (χ2n) is 3.87. The number of carboxylic acids is 1. The zero-order valence-electron chi connectivity index (χ0n) is 10.0. The van der Waals surface area contributed by atoms with Gasteiger partial charge in [0.15, 0.2) is 0 Å². The van der Waals surface area contributed by atoms with Gasteiger partial charge in [0, 0.05) is 20.8 Å². The monoisotopic (exact) mass is 727 g/mol. The van der Waals surface area contributed by atoms with Crippen LogP contribution >= 0.6 is 90.4 Å². The number of carboxylic acid groups (broad SMARTS) is 1. The van der Waals surface area contributed by atoms with Crippen LogP contribution < -0.4 is 5.32 Å². The van der Waals surface area contributed by atoms with E-state index < -0.39 is 12.1 Å². The summed E-state index contributed by atoms with van der Waals surface area (Å²) in [5.74, 6) is -1.32. The number of hydrogen-bond acceptors (Lipinski definition) is 3. The summed E-state index contributed by atoms with van der Waals surface area (Å²) >= 11 is 7.83. The molecular weight excluding hydrogens is 718 g/mol. The number of aromatic carboxylic acids is 1. The van der Waals surface area contributed by atoms with Gasteiger partial charge in [-0.15, -0.1) is 0 Å². The molecule has 0 aliphatic heterocycles. The van der Waals surface area contributed by atoms with Crippen LogP contribution in [0.1, 0.15) is 27.6 Å². The fourth-order valence-corrected chi connectivity index (χ4v) is 5.49. The van der Waals surface area contributed by atoms with Crippen LogP contribution in [0.3, 0.4) is 0 Å². The Bertz CT molecular complexity index is 545. The van der Waals surface area contributed by atoms with E-state index in [1.165, 1.54) is 0 Å². The number of carbonyl (C=O) groups is 2. The van der Waals surface area contributed by atoms with E-state index in [1.807, 2.05) is 90.4 Å². The molecule has 0 aromatic heterocycles. The van der Waals surface area contributed by atoms with Crippen LogP contribution in [0.4, 0.5) is 0 Å². The third-order valence-corrected chi connectivity index (χ3v) is 8.64. The van der Waals surface area contributed by atoms with Crippen molar-refractivity contribution in [2.24, 2.45) is 0 Å². The normalized spacial score (nSPS) is 12.1. The summed E-state index contributed by atoms with van der Waals surface area (Å²) in [5.41, 5.74) is 0.665. The summed E-state index contributed by atoms with van der Waals surface area (Å²) in [6, 6.07) is 0. The van der Waals surface area contributed by atoms with Gasteiger partial charge in [-0.2, -0.15) is 0 Å². The van der Waals surface area contributed by atoms with Crippen molar-refractivity contribution in [1.82, 2.24) is 5.32 Å². The van der Waals surface area contributed by atoms with Crippen molar-refractivity contribution in [2.45, 2.75) is 13.0 Å². The van der Waals surface area contributed by atoms with Gasteiger partial charge in [-0.25, -0.2) is 4.79 Å². The van der Waals surface area contributed by atoms with Crippen molar-refractivity contribution >= 4 is 102 Å². The van der Waals surface area contributed by atoms with Crippen molar-refractivity contribution in [3.63, 3.8) is 0 Å². The molecule has 1 unspecified atom stereocenters. The van der Waals surface area contributed by atoms with Gasteiger partial charge in [-0.05, 0) is 97.3 Å². The zero-order valence-corrected chi connectivity index (χ0v) is 18.6. The SMILES string of the molecule is CC(O)CNC(=O)c1c(I)c(I)c(C(=O)O)c(I)c1I. The van der Waals surface area contributed by atoms with E-state index >= 15 is 0 Å². The van der Waals surface area contributed by atoms with E-state index in [2.05, 4.69) is 5.32 Å². The summed E-state index contributed by atoms with van der Waals surface area (Å²) in [6.07, 6.45) is -0.634. The minimum absolute atomic E-state index is 0.152. The molecule has 9 heteroatoms. The number of aliphatic hydroxyl groups is 1. The number of halogens is 4. The maximum absolute atomic E-state index is 12.2. The highest BCUT2D eigenvalue weighted by molar-refractivity contribution is 14.1. The summed E-state index contributed by atoms with van der Waals surface area (Å²) < 4.78 is 2.30. The molecule has 1 aromatic carbocycles. The molecule has 0 heterocycles. The standard InChI is InChI=1S/C11H9I4NO4/c1-3(17)2-16-10(18)4-6(12)8(14)5(11(19)20)9(15)7(4)13/h3,17H,2H2,1H3,(H,16,18)(H,19,20). The highest BCUT2D eigenvalue weighted by atomic mass is 127. The first-order chi connectivity index (χ1) is 9.18. The lowest BCUT2D eigenvalue weighted by atomic mass is 10.1. The van der Waals surface area contributed by atoms with E-state index in [1.54, 1.807) is 6.92 Å². The van der Waals surface area contributed by atoms with Crippen molar-refractivity contribution < 1.29 is 19.8 Å². The largest absolute Gasteiger partial charge is 0.478 e. The average Bonchev–Trinajstić information content (AvgIpc) is 2.34. The predicted molar refractivity (Wildman–Crippen MR) is 108 cm³/mol. The Balaban J connectivity index is 3.36. The molecule has 0 bridgehead atoms. The first-order valence-corrected chi connectivity index (χ1v) is 9.55. The Morgan fingerprint density at radius 2 is 1.45 bits per heavy atom. The van der Waals surface area contributed by atoms with Crippen molar-refractivity contribution in [2.75, 3.05) is 6.54 Å². The van der Waals surface area contributed by atoms with E-state index in [0.717, 1.165) is 0 Å². The first-order valence-electron chi connectivity index (χ1n) is 5.24. The Hall–Kier alpha value is 1.04. The summed E-state index contributed by atoms with van der Waals surface area (Å²) in [4.78, 5) is 23.5. The number of benzene rings is 1. The predicted octanol–water partition coefficient (Wildman–Crippen LogP) is 2.91. The number of nitrogens with one attached hydrogen (secondary N) is 1. The third kappa shape index (κ3) is 4.28. The summed E-state index contributed by atoms with van der Waals surface area (Å²) in [5, 5.41) is 21.1. The Morgan fingerprint density at radius 3 is 1.80 bits per heavy atom. The van der Waals surface area contributed by atoms with Crippen LogP contribution in [-0.2, 0) is 0 Å². The molecule has 1 atom stereocenters. The van der Waals surface area contributed by atoms with Crippen LogP contribution in [0.5, 0.6) is 0 Å². The molecule has 110 valence electrons. The van der Waals surface area contributed by atoms with Gasteiger partial charge in [0.05, 0.1) is 17.2 Å². The smallest absolute Gasteiger partial charge is 0.337 e. The van der Waals surface area contributed by atoms with Crippen molar-refractivity contribution in [1.29, 1.82) is 0 Å². The van der Waals surface area contributed by atoms with Gasteiger partial charge >= 0.3 is 5.97 Å². The second kappa shape index (κ2) is 8.05. The maximum Gasteiger partial charge on any atom is 0.337 e. The lowest BCUT2D eigenvalue weighted by Gasteiger charge is -2.15. The molecule has 0 fully saturated rings. The molecular formula is C11H9I4NO4. The number of carbonyl (C=O) groups excluding carboxylic acids is 1. The highest BCUT2D eigenvalue weighted by Crippen LogP contribution is 2.32. The van der Waals surface area contributed by atoms with E-state index in [4.69, 9.17) is 0 Å². The van der Waals surface area contributed by atoms with Gasteiger partial charge in [0.25, 0.3) is 5.91 Å². The molecule has 0 saturated carbocycles. The third-order valence-electron chi connectivity index (χ3n) is 2.26. The molecule has 1 aromatic rings. The quantitative estimate of drug-likeness (QED) is 0.330. The number of rotatable bonds is 4. The average molecular weight is 727 g/mol. The Morgan fingerprint density at radius 1 is 1.05 bits per heavy atom. The first kappa shape index (κ1) is 19.1. The van der Waals surface area contributed by atoms with Crippen LogP contribution in [0.15, 0.2) is 0 Å². The van der Waals surface area contributed by atoms with Crippen LogP contribution in [0, 0.1) is 14.3 Å². The molecule has 0 spiro atoms. The summed E-state index contributed by atoms with van der Waals surface area (Å²) in [6.45, 7) is 1.73. The molecule has 1 amide bonds. The van der Waals surface area contributed by atoms with Crippen molar-refractivity contribution in [3.8, 4) is 0 Å². The van der Waals surface area contributed by atoms with E-state index in [-0.39, 0.29) is 18.0 Å². The highest BCUT2D eigenvalue weighted by Gasteiger charge is 2.26. The Kier molecular flexibility index (Phi) is 7.68. The van der Waals surface area contributed by atoms with E-state index in [9.17, 15) is 19.8 Å². The second-order valence-corrected chi connectivity index (χ2v) is 8.19. The van der Waals surface area contributed by atoms with Gasteiger partial charge in [0.2, 0.25) is 0 Å². The molecule has 3 N–H and O–H groups in total. The molecule has 0 saturated heterocycles. The van der Waals surface area contributed by atoms with Crippen LogP contribution in [0.2, 0.25) is 0 Å². The molecule has 0 aliphatic rings. The van der Waals surface area contributed by atoms with Gasteiger partial charge in [-0.3, -0.25) is 4.79 Å². The fraction of sp³-hybridized carbons (Fsp3) is 0.273. The van der Waals surface area contributed by atoms with Crippen molar-refractivity contribution in [3.05, 3.63) is 25.4 Å². The molecule has 1 rings (SSSR count). The maximum atomic E-state index is 12.2. The Labute approximate surface area is 170 Å². The zero-order chi connectivity index (χ0) is 15.6. The molecule has 0 radical (unpaired) electrons. The fourth-order valence-electron chi connectivity index (χ4n) is 1.35. The molecule has 20 heavy (non-hydrogen) atoms. The van der Waals surface area contributed by atoms with Gasteiger partial charge in [-0.1, -0.05) is 0 Å². The molecule has 5 nitrogen and oxygen atoms in total. The molecule has 0 aliphatic carbocycles. The minimum Gasteiger partial charge on any atom is -0.478 e. The minimum atomic E-state index is -1.01. The van der Waals surface area contributed by atoms with E-state index in [0.29, 0.717) is 19.8 Å². The summed E-state index contributed by atoms with van der Waals surface area (Å²) in [7, 11) is 0. The number of amides is 1. The lowest BCUT2D eigenvalue weighted by Crippen LogP contribution is -2.32. The topological polar surface area (TPSA) is 86.6 Å². The van der Waals surface area contributed by atoms with Crippen LogP contribution in [0.25, 0.3) is 0 Å².